The Balaban J connectivity index is 1.54. The minimum Gasteiger partial charge on any atom is -0.507 e. The van der Waals surface area contributed by atoms with Crippen molar-refractivity contribution in [3.63, 3.8) is 0 Å². The summed E-state index contributed by atoms with van der Waals surface area (Å²) in [5, 5.41) is 30.1. The first-order valence-electron chi connectivity index (χ1n) is 12.6. The number of carbonyl (C=O) groups is 4. The molecule has 1 unspecified atom stereocenters. The first kappa shape index (κ1) is 26.2. The van der Waals surface area contributed by atoms with E-state index in [4.69, 9.17) is 4.74 Å². The number of Topliss-reactive ketones (excluding diaryl/α,β-unsaturated/α-hetero) is 2. The third kappa shape index (κ3) is 4.45. The third-order valence-corrected chi connectivity index (χ3v) is 7.50. The maximum atomic E-state index is 13.8. The fraction of sp³-hybridized carbons (Fsp3) is 0.481. The van der Waals surface area contributed by atoms with Crippen LogP contribution in [0, 0.1) is 6.92 Å². The van der Waals surface area contributed by atoms with Crippen LogP contribution in [-0.2, 0) is 15.0 Å². The van der Waals surface area contributed by atoms with Crippen LogP contribution < -0.4 is 20.7 Å². The molecular formula is C27H33N3O7. The van der Waals surface area contributed by atoms with E-state index in [2.05, 4.69) is 16.0 Å². The molecule has 2 amide bonds. The summed E-state index contributed by atoms with van der Waals surface area (Å²) in [5.41, 5.74) is -1.42. The summed E-state index contributed by atoms with van der Waals surface area (Å²) < 4.78 is 5.76. The average Bonchev–Trinajstić information content (AvgIpc) is 3.14. The molecule has 2 aliphatic carbocycles. The maximum absolute atomic E-state index is 13.8. The molecule has 5 N–H and O–H groups in total. The SMILES string of the molecule is CC(=O)c1c(O)c(C)c(O)c2c1OC1=CC(=O)C(=C(C)NCCNC(=O)NC3CCCCC3)C(=O)C12C. The number of phenolic OH excluding ortho intramolecular Hbond substituents is 2. The standard InChI is InChI=1S/C27H33N3O7/c1-13-22(33)20(15(3)31)24-21(23(13)34)27(4)18(37-24)12-17(32)19(25(27)35)14(2)28-10-11-29-26(36)30-16-8-6-5-7-9-16/h12,16,28,33-34H,5-11H2,1-4H3,(H2,29,30,36). The van der Waals surface area contributed by atoms with Gasteiger partial charge in [-0.15, -0.1) is 0 Å². The van der Waals surface area contributed by atoms with Crippen LogP contribution in [0.4, 0.5) is 4.79 Å². The lowest BCUT2D eigenvalue weighted by molar-refractivity contribution is -0.123. The average molecular weight is 512 g/mol. The van der Waals surface area contributed by atoms with Gasteiger partial charge in [-0.05, 0) is 40.5 Å². The fourth-order valence-electron chi connectivity index (χ4n) is 5.36. The highest BCUT2D eigenvalue weighted by atomic mass is 16.5. The number of benzene rings is 1. The Morgan fingerprint density at radius 3 is 2.35 bits per heavy atom. The predicted molar refractivity (Wildman–Crippen MR) is 135 cm³/mol. The molecular weight excluding hydrogens is 478 g/mol. The highest BCUT2D eigenvalue weighted by Crippen LogP contribution is 2.57. The summed E-state index contributed by atoms with van der Waals surface area (Å²) in [4.78, 5) is 51.1. The highest BCUT2D eigenvalue weighted by Gasteiger charge is 2.56. The number of phenols is 2. The fourth-order valence-corrected chi connectivity index (χ4v) is 5.36. The zero-order valence-corrected chi connectivity index (χ0v) is 21.5. The number of ketones is 3. The normalized spacial score (nSPS) is 22.4. The van der Waals surface area contributed by atoms with Crippen LogP contribution in [0.1, 0.15) is 74.4 Å². The van der Waals surface area contributed by atoms with Gasteiger partial charge in [0.2, 0.25) is 0 Å². The predicted octanol–water partition coefficient (Wildman–Crippen LogP) is 2.79. The summed E-state index contributed by atoms with van der Waals surface area (Å²) in [6, 6.07) is -0.0641. The summed E-state index contributed by atoms with van der Waals surface area (Å²) >= 11 is 0. The van der Waals surface area contributed by atoms with E-state index in [1.807, 2.05) is 0 Å². The van der Waals surface area contributed by atoms with Crippen molar-refractivity contribution in [2.24, 2.45) is 0 Å². The van der Waals surface area contributed by atoms with Crippen LogP contribution >= 0.6 is 0 Å². The smallest absolute Gasteiger partial charge is 0.315 e. The van der Waals surface area contributed by atoms with E-state index in [1.54, 1.807) is 6.92 Å². The summed E-state index contributed by atoms with van der Waals surface area (Å²) in [6.07, 6.45) is 6.55. The number of hydrogen-bond acceptors (Lipinski definition) is 8. The van der Waals surface area contributed by atoms with Gasteiger partial charge in [-0.25, -0.2) is 4.79 Å². The van der Waals surface area contributed by atoms with E-state index >= 15 is 0 Å². The van der Waals surface area contributed by atoms with Crippen LogP contribution in [0.2, 0.25) is 0 Å². The lowest BCUT2D eigenvalue weighted by atomic mass is 9.70. The van der Waals surface area contributed by atoms with Gasteiger partial charge in [0.05, 0.1) is 11.1 Å². The Bertz CT molecular complexity index is 1260. The molecule has 0 aromatic heterocycles. The summed E-state index contributed by atoms with van der Waals surface area (Å²) in [5.74, 6) is -2.63. The number of allylic oxidation sites excluding steroid dienone is 4. The molecule has 1 heterocycles. The van der Waals surface area contributed by atoms with Crippen LogP contribution in [0.15, 0.2) is 23.1 Å². The van der Waals surface area contributed by atoms with Gasteiger partial charge in [-0.3, -0.25) is 14.4 Å². The van der Waals surface area contributed by atoms with Gasteiger partial charge in [0.15, 0.2) is 17.3 Å². The van der Waals surface area contributed by atoms with E-state index in [0.717, 1.165) is 25.7 Å². The molecule has 0 bridgehead atoms. The second-order valence-electron chi connectivity index (χ2n) is 10.0. The molecule has 1 atom stereocenters. The van der Waals surface area contributed by atoms with E-state index < -0.39 is 28.5 Å². The molecule has 1 saturated carbocycles. The second-order valence-corrected chi connectivity index (χ2v) is 10.0. The topological polar surface area (TPSA) is 154 Å². The van der Waals surface area contributed by atoms with Gasteiger partial charge < -0.3 is 30.9 Å². The first-order chi connectivity index (χ1) is 17.5. The van der Waals surface area contributed by atoms with Crippen molar-refractivity contribution in [3.05, 3.63) is 39.8 Å². The number of rotatable bonds is 6. The van der Waals surface area contributed by atoms with E-state index in [-0.39, 0.29) is 64.7 Å². The van der Waals surface area contributed by atoms with Crippen molar-refractivity contribution in [2.75, 3.05) is 13.1 Å². The molecule has 1 aromatic rings. The Morgan fingerprint density at radius 2 is 1.70 bits per heavy atom. The number of fused-ring (bicyclic) bond motifs is 3. The zero-order chi connectivity index (χ0) is 27.1. The van der Waals surface area contributed by atoms with Crippen molar-refractivity contribution in [3.8, 4) is 17.2 Å². The van der Waals surface area contributed by atoms with Crippen molar-refractivity contribution in [2.45, 2.75) is 71.3 Å². The van der Waals surface area contributed by atoms with Crippen molar-refractivity contribution < 1.29 is 34.1 Å². The summed E-state index contributed by atoms with van der Waals surface area (Å²) in [7, 11) is 0. The maximum Gasteiger partial charge on any atom is 0.315 e. The number of urea groups is 1. The van der Waals surface area contributed by atoms with Crippen molar-refractivity contribution in [1.82, 2.24) is 16.0 Å². The molecule has 1 fully saturated rings. The van der Waals surface area contributed by atoms with Gasteiger partial charge >= 0.3 is 6.03 Å². The van der Waals surface area contributed by atoms with Gasteiger partial charge in [0.1, 0.15) is 34.0 Å². The van der Waals surface area contributed by atoms with E-state index in [0.29, 0.717) is 5.70 Å². The van der Waals surface area contributed by atoms with Gasteiger partial charge in [-0.2, -0.15) is 0 Å². The largest absolute Gasteiger partial charge is 0.507 e. The number of carbonyl (C=O) groups excluding carboxylic acids is 4. The van der Waals surface area contributed by atoms with E-state index in [9.17, 15) is 29.4 Å². The van der Waals surface area contributed by atoms with Crippen LogP contribution in [-0.4, -0.2) is 52.7 Å². The minimum atomic E-state index is -1.56. The van der Waals surface area contributed by atoms with Crippen molar-refractivity contribution >= 4 is 23.4 Å². The lowest BCUT2D eigenvalue weighted by Crippen LogP contribution is -2.45. The first-order valence-corrected chi connectivity index (χ1v) is 12.6. The number of nitrogens with one attached hydrogen (secondary N) is 3. The quantitative estimate of drug-likeness (QED) is 0.169. The second kappa shape index (κ2) is 9.91. The Hall–Kier alpha value is -3.82. The molecule has 198 valence electrons. The number of ether oxygens (including phenoxy) is 1. The van der Waals surface area contributed by atoms with Crippen LogP contribution in [0.25, 0.3) is 0 Å². The minimum absolute atomic E-state index is 0.0158. The van der Waals surface area contributed by atoms with Gasteiger partial charge in [0, 0.05) is 36.5 Å². The zero-order valence-electron chi connectivity index (χ0n) is 21.5. The summed E-state index contributed by atoms with van der Waals surface area (Å²) in [6.45, 7) is 6.34. The van der Waals surface area contributed by atoms with Crippen LogP contribution in [0.3, 0.4) is 0 Å². The highest BCUT2D eigenvalue weighted by molar-refractivity contribution is 6.31. The number of hydrogen-bond donors (Lipinski definition) is 5. The van der Waals surface area contributed by atoms with Gasteiger partial charge in [0.25, 0.3) is 0 Å². The molecule has 0 saturated heterocycles. The van der Waals surface area contributed by atoms with E-state index in [1.165, 1.54) is 33.3 Å². The van der Waals surface area contributed by atoms with Gasteiger partial charge in [-0.1, -0.05) is 19.3 Å². The molecule has 1 aromatic carbocycles. The molecule has 1 aliphatic heterocycles. The molecule has 10 nitrogen and oxygen atoms in total. The monoisotopic (exact) mass is 511 g/mol. The van der Waals surface area contributed by atoms with Crippen molar-refractivity contribution in [1.29, 1.82) is 0 Å². The molecule has 0 radical (unpaired) electrons. The third-order valence-electron chi connectivity index (χ3n) is 7.50. The molecule has 37 heavy (non-hydrogen) atoms. The Morgan fingerprint density at radius 1 is 1.05 bits per heavy atom. The van der Waals surface area contributed by atoms with Crippen LogP contribution in [0.5, 0.6) is 17.2 Å². The lowest BCUT2D eigenvalue weighted by Gasteiger charge is -2.29. The molecule has 10 heteroatoms. The Kier molecular flexibility index (Phi) is 7.03. The number of aromatic hydroxyl groups is 2. The Labute approximate surface area is 215 Å². The molecule has 3 aliphatic rings. The molecule has 4 rings (SSSR count). The number of amides is 2. The molecule has 0 spiro atoms.